The fraction of sp³-hybridized carbons (Fsp3) is 0.294. The van der Waals surface area contributed by atoms with Gasteiger partial charge in [0, 0.05) is 16.5 Å². The minimum absolute atomic E-state index is 0.280. The summed E-state index contributed by atoms with van der Waals surface area (Å²) in [7, 11) is 0. The third kappa shape index (κ3) is 2.01. The molecule has 2 aromatic rings. The lowest BCUT2D eigenvalue weighted by atomic mass is 9.91. The van der Waals surface area contributed by atoms with Crippen LogP contribution < -0.4 is 0 Å². The smallest absolute Gasteiger partial charge is 0.261 e. The Morgan fingerprint density at radius 1 is 0.909 bits per heavy atom. The molecule has 0 bridgehead atoms. The fourth-order valence-corrected chi connectivity index (χ4v) is 3.10. The van der Waals surface area contributed by atoms with Crippen molar-refractivity contribution >= 4 is 22.6 Å². The van der Waals surface area contributed by atoms with E-state index < -0.39 is 24.1 Å². The van der Waals surface area contributed by atoms with Gasteiger partial charge in [-0.3, -0.25) is 14.5 Å². The number of amides is 2. The third-order valence-electron chi connectivity index (χ3n) is 4.09. The van der Waals surface area contributed by atoms with Crippen LogP contribution in [-0.4, -0.2) is 39.3 Å². The standard InChI is InChI=1S/C17H17NO4/c1-9(2)14(17(21)22)18-15(19)11-7-3-5-10-6-4-8-12(13(10)11)16(18)20/h3-9,14,17,21-22H,1-2H3/t14-/m0/s1. The predicted octanol–water partition coefficient (Wildman–Crippen LogP) is 1.77. The van der Waals surface area contributed by atoms with Crippen LogP contribution in [0.2, 0.25) is 0 Å². The summed E-state index contributed by atoms with van der Waals surface area (Å²) in [5.41, 5.74) is 0.831. The first-order chi connectivity index (χ1) is 10.4. The summed E-state index contributed by atoms with van der Waals surface area (Å²) in [6, 6.07) is 9.55. The largest absolute Gasteiger partial charge is 0.366 e. The second-order valence-corrected chi connectivity index (χ2v) is 5.84. The van der Waals surface area contributed by atoms with Gasteiger partial charge in [0.1, 0.15) is 0 Å². The van der Waals surface area contributed by atoms with Gasteiger partial charge in [-0.05, 0) is 23.4 Å². The highest BCUT2D eigenvalue weighted by atomic mass is 16.5. The van der Waals surface area contributed by atoms with Crippen LogP contribution in [-0.2, 0) is 0 Å². The Morgan fingerprint density at radius 2 is 1.41 bits per heavy atom. The van der Waals surface area contributed by atoms with E-state index in [1.807, 2.05) is 12.1 Å². The summed E-state index contributed by atoms with van der Waals surface area (Å²) in [6.45, 7) is 3.48. The Labute approximate surface area is 127 Å². The molecule has 0 saturated carbocycles. The van der Waals surface area contributed by atoms with Gasteiger partial charge in [-0.15, -0.1) is 0 Å². The van der Waals surface area contributed by atoms with Crippen molar-refractivity contribution in [2.24, 2.45) is 5.92 Å². The Hall–Kier alpha value is -2.24. The van der Waals surface area contributed by atoms with Gasteiger partial charge < -0.3 is 10.2 Å². The molecule has 0 unspecified atom stereocenters. The normalized spacial score (nSPS) is 16.0. The quantitative estimate of drug-likeness (QED) is 0.669. The van der Waals surface area contributed by atoms with Crippen LogP contribution in [0.15, 0.2) is 36.4 Å². The number of hydrogen-bond acceptors (Lipinski definition) is 4. The molecule has 0 saturated heterocycles. The minimum Gasteiger partial charge on any atom is -0.366 e. The summed E-state index contributed by atoms with van der Waals surface area (Å²) in [5, 5.41) is 20.7. The predicted molar refractivity (Wildman–Crippen MR) is 81.3 cm³/mol. The van der Waals surface area contributed by atoms with E-state index in [1.165, 1.54) is 0 Å². The summed E-state index contributed by atoms with van der Waals surface area (Å²) in [6.07, 6.45) is -1.78. The van der Waals surface area contributed by atoms with E-state index in [-0.39, 0.29) is 5.92 Å². The van der Waals surface area contributed by atoms with E-state index in [2.05, 4.69) is 0 Å². The molecule has 2 aromatic carbocycles. The lowest BCUT2D eigenvalue weighted by Crippen LogP contribution is -2.54. The molecule has 0 fully saturated rings. The molecule has 1 aliphatic heterocycles. The maximum Gasteiger partial charge on any atom is 0.261 e. The zero-order valence-electron chi connectivity index (χ0n) is 12.4. The molecule has 5 nitrogen and oxygen atoms in total. The van der Waals surface area contributed by atoms with Crippen LogP contribution >= 0.6 is 0 Å². The summed E-state index contributed by atoms with van der Waals surface area (Å²) in [4.78, 5) is 26.5. The molecule has 0 aromatic heterocycles. The number of aliphatic hydroxyl groups is 2. The van der Waals surface area contributed by atoms with Gasteiger partial charge in [-0.1, -0.05) is 38.1 Å². The maximum absolute atomic E-state index is 12.7. The first kappa shape index (κ1) is 14.7. The molecule has 1 atom stereocenters. The number of aliphatic hydroxyl groups excluding tert-OH is 1. The van der Waals surface area contributed by atoms with E-state index in [9.17, 15) is 19.8 Å². The highest BCUT2D eigenvalue weighted by Crippen LogP contribution is 2.32. The zero-order valence-corrected chi connectivity index (χ0v) is 12.4. The van der Waals surface area contributed by atoms with Gasteiger partial charge in [0.25, 0.3) is 11.8 Å². The molecule has 1 heterocycles. The number of benzene rings is 2. The molecule has 0 spiro atoms. The average Bonchev–Trinajstić information content (AvgIpc) is 2.48. The van der Waals surface area contributed by atoms with E-state index in [1.54, 1.807) is 38.1 Å². The van der Waals surface area contributed by atoms with Gasteiger partial charge in [-0.2, -0.15) is 0 Å². The highest BCUT2D eigenvalue weighted by Gasteiger charge is 2.41. The highest BCUT2D eigenvalue weighted by molar-refractivity contribution is 6.25. The van der Waals surface area contributed by atoms with Crippen molar-refractivity contribution < 1.29 is 19.8 Å². The molecule has 114 valence electrons. The fourth-order valence-electron chi connectivity index (χ4n) is 3.10. The molecule has 2 amide bonds. The molecule has 3 rings (SSSR count). The van der Waals surface area contributed by atoms with Gasteiger partial charge >= 0.3 is 0 Å². The Morgan fingerprint density at radius 3 is 1.82 bits per heavy atom. The lowest BCUT2D eigenvalue weighted by Gasteiger charge is -2.36. The topological polar surface area (TPSA) is 77.8 Å². The van der Waals surface area contributed by atoms with Crippen LogP contribution in [0.1, 0.15) is 34.6 Å². The van der Waals surface area contributed by atoms with Crippen LogP contribution in [0.5, 0.6) is 0 Å². The van der Waals surface area contributed by atoms with Crippen LogP contribution in [0.4, 0.5) is 0 Å². The minimum atomic E-state index is -1.78. The van der Waals surface area contributed by atoms with Crippen molar-refractivity contribution in [2.45, 2.75) is 26.2 Å². The first-order valence-electron chi connectivity index (χ1n) is 7.19. The molecule has 0 radical (unpaired) electrons. The molecular formula is C17H17NO4. The van der Waals surface area contributed by atoms with Crippen molar-refractivity contribution in [3.63, 3.8) is 0 Å². The average molecular weight is 299 g/mol. The molecular weight excluding hydrogens is 282 g/mol. The SMILES string of the molecule is CC(C)[C@@H](C(O)O)N1C(=O)c2cccc3cccc(c23)C1=O. The van der Waals surface area contributed by atoms with Gasteiger partial charge in [0.15, 0.2) is 6.29 Å². The third-order valence-corrected chi connectivity index (χ3v) is 4.09. The number of carbonyl (C=O) groups excluding carboxylic acids is 2. The van der Waals surface area contributed by atoms with Crippen molar-refractivity contribution in [3.8, 4) is 0 Å². The Balaban J connectivity index is 2.24. The number of carbonyl (C=O) groups is 2. The van der Waals surface area contributed by atoms with Crippen LogP contribution in [0, 0.1) is 5.92 Å². The van der Waals surface area contributed by atoms with E-state index >= 15 is 0 Å². The summed E-state index contributed by atoms with van der Waals surface area (Å²) < 4.78 is 0. The zero-order chi connectivity index (χ0) is 16.0. The second-order valence-electron chi connectivity index (χ2n) is 5.84. The summed E-state index contributed by atoms with van der Waals surface area (Å²) in [5.74, 6) is -1.25. The maximum atomic E-state index is 12.7. The monoisotopic (exact) mass is 299 g/mol. The van der Waals surface area contributed by atoms with Crippen molar-refractivity contribution in [2.75, 3.05) is 0 Å². The molecule has 5 heteroatoms. The van der Waals surface area contributed by atoms with Crippen LogP contribution in [0.3, 0.4) is 0 Å². The molecule has 2 N–H and O–H groups in total. The Bertz CT molecular complexity index is 708. The number of nitrogens with zero attached hydrogens (tertiary/aromatic N) is 1. The van der Waals surface area contributed by atoms with E-state index in [4.69, 9.17) is 0 Å². The Kier molecular flexibility index (Phi) is 3.47. The number of hydrogen-bond donors (Lipinski definition) is 2. The second kappa shape index (κ2) is 5.19. The number of imide groups is 1. The van der Waals surface area contributed by atoms with Crippen molar-refractivity contribution in [1.29, 1.82) is 0 Å². The first-order valence-corrected chi connectivity index (χ1v) is 7.19. The van der Waals surface area contributed by atoms with Gasteiger partial charge in [0.05, 0.1) is 6.04 Å². The van der Waals surface area contributed by atoms with E-state index in [0.717, 1.165) is 10.3 Å². The van der Waals surface area contributed by atoms with Crippen molar-refractivity contribution in [3.05, 3.63) is 47.5 Å². The van der Waals surface area contributed by atoms with E-state index in [0.29, 0.717) is 16.5 Å². The molecule has 1 aliphatic rings. The van der Waals surface area contributed by atoms with Crippen molar-refractivity contribution in [1.82, 2.24) is 4.90 Å². The molecule has 0 aliphatic carbocycles. The lowest BCUT2D eigenvalue weighted by molar-refractivity contribution is -0.0987. The van der Waals surface area contributed by atoms with Gasteiger partial charge in [-0.25, -0.2) is 0 Å². The van der Waals surface area contributed by atoms with Crippen LogP contribution in [0.25, 0.3) is 10.8 Å². The molecule has 22 heavy (non-hydrogen) atoms. The van der Waals surface area contributed by atoms with Gasteiger partial charge in [0.2, 0.25) is 0 Å². The summed E-state index contributed by atoms with van der Waals surface area (Å²) >= 11 is 0. The number of rotatable bonds is 3.